The maximum atomic E-state index is 12.0. The Morgan fingerprint density at radius 3 is 2.48 bits per heavy atom. The highest BCUT2D eigenvalue weighted by molar-refractivity contribution is 14.1. The zero-order valence-electron chi connectivity index (χ0n) is 13.8. The number of hydrogen-bond acceptors (Lipinski definition) is 3. The maximum absolute atomic E-state index is 12.0. The molecule has 0 unspecified atom stereocenters. The standard InChI is InChI=1S/C18H17ClIN3O2/c1-11-3-8-15(10-16(11)19)21-17(24)9-12(2)22-23-18(25)13-4-6-14(20)7-5-13/h3-8,10H,9H2,1-2H3,(H,21,24)(H,23,25)/b22-12+. The molecular weight excluding hydrogens is 453 g/mol. The van der Waals surface area contributed by atoms with Crippen LogP contribution in [0.15, 0.2) is 47.6 Å². The Morgan fingerprint density at radius 2 is 1.84 bits per heavy atom. The van der Waals surface area contributed by atoms with Crippen molar-refractivity contribution < 1.29 is 9.59 Å². The van der Waals surface area contributed by atoms with E-state index in [-0.39, 0.29) is 18.2 Å². The van der Waals surface area contributed by atoms with E-state index in [1.165, 1.54) is 0 Å². The SMILES string of the molecule is C/C(CC(=O)Nc1ccc(C)c(Cl)c1)=N\NC(=O)c1ccc(I)cc1. The molecule has 2 aromatic rings. The molecular formula is C18H17ClIN3O2. The van der Waals surface area contributed by atoms with Gasteiger partial charge in [0.1, 0.15) is 0 Å². The van der Waals surface area contributed by atoms with Gasteiger partial charge in [-0.1, -0.05) is 17.7 Å². The molecule has 5 nitrogen and oxygen atoms in total. The van der Waals surface area contributed by atoms with E-state index in [1.54, 1.807) is 31.2 Å². The summed E-state index contributed by atoms with van der Waals surface area (Å²) >= 11 is 8.20. The van der Waals surface area contributed by atoms with Gasteiger partial charge in [-0.05, 0) is 78.4 Å². The number of aryl methyl sites for hydroxylation is 1. The number of hydrogen-bond donors (Lipinski definition) is 2. The summed E-state index contributed by atoms with van der Waals surface area (Å²) in [5.41, 5.74) is 5.02. The minimum atomic E-state index is -0.318. The Labute approximate surface area is 165 Å². The topological polar surface area (TPSA) is 70.6 Å². The molecule has 0 saturated heterocycles. The molecule has 0 spiro atoms. The lowest BCUT2D eigenvalue weighted by Crippen LogP contribution is -2.21. The molecule has 0 bridgehead atoms. The quantitative estimate of drug-likeness (QED) is 0.387. The van der Waals surface area contributed by atoms with Crippen molar-refractivity contribution in [3.05, 3.63) is 62.2 Å². The van der Waals surface area contributed by atoms with Crippen molar-refractivity contribution in [3.8, 4) is 0 Å². The highest BCUT2D eigenvalue weighted by Gasteiger charge is 2.08. The van der Waals surface area contributed by atoms with Crippen molar-refractivity contribution >= 4 is 57.4 Å². The van der Waals surface area contributed by atoms with Crippen molar-refractivity contribution in [2.24, 2.45) is 5.10 Å². The monoisotopic (exact) mass is 469 g/mol. The number of nitrogens with one attached hydrogen (secondary N) is 2. The summed E-state index contributed by atoms with van der Waals surface area (Å²) < 4.78 is 1.04. The van der Waals surface area contributed by atoms with Gasteiger partial charge in [-0.25, -0.2) is 5.43 Å². The third kappa shape index (κ3) is 6.13. The van der Waals surface area contributed by atoms with E-state index in [9.17, 15) is 9.59 Å². The third-order valence-electron chi connectivity index (χ3n) is 3.33. The van der Waals surface area contributed by atoms with Crippen LogP contribution in [0.5, 0.6) is 0 Å². The first kappa shape index (κ1) is 19.4. The van der Waals surface area contributed by atoms with E-state index in [0.29, 0.717) is 22.0 Å². The molecule has 0 aliphatic rings. The number of benzene rings is 2. The Balaban J connectivity index is 1.89. The molecule has 2 N–H and O–H groups in total. The van der Waals surface area contributed by atoms with Gasteiger partial charge in [0.05, 0.1) is 6.42 Å². The molecule has 2 amide bonds. The van der Waals surface area contributed by atoms with Gasteiger partial charge < -0.3 is 5.32 Å². The molecule has 2 rings (SSSR count). The van der Waals surface area contributed by atoms with Gasteiger partial charge in [0.25, 0.3) is 5.91 Å². The van der Waals surface area contributed by atoms with E-state index in [1.807, 2.05) is 25.1 Å². The smallest absolute Gasteiger partial charge is 0.271 e. The predicted molar refractivity (Wildman–Crippen MR) is 109 cm³/mol. The Kier molecular flexibility index (Phi) is 6.95. The molecule has 25 heavy (non-hydrogen) atoms. The number of carbonyl (C=O) groups is 2. The number of halogens is 2. The molecule has 0 aromatic heterocycles. The highest BCUT2D eigenvalue weighted by Crippen LogP contribution is 2.20. The molecule has 0 saturated carbocycles. The summed E-state index contributed by atoms with van der Waals surface area (Å²) in [4.78, 5) is 24.0. The maximum Gasteiger partial charge on any atom is 0.271 e. The first-order chi connectivity index (χ1) is 11.8. The second-order valence-electron chi connectivity index (χ2n) is 5.48. The fraction of sp³-hybridized carbons (Fsp3) is 0.167. The second-order valence-corrected chi connectivity index (χ2v) is 7.14. The fourth-order valence-electron chi connectivity index (χ4n) is 1.96. The van der Waals surface area contributed by atoms with Crippen LogP contribution < -0.4 is 10.7 Å². The Morgan fingerprint density at radius 1 is 1.16 bits per heavy atom. The minimum absolute atomic E-state index is 0.0679. The van der Waals surface area contributed by atoms with Crippen LogP contribution in [0.3, 0.4) is 0 Å². The lowest BCUT2D eigenvalue weighted by molar-refractivity contribution is -0.115. The number of hydrazone groups is 1. The molecule has 130 valence electrons. The minimum Gasteiger partial charge on any atom is -0.326 e. The summed E-state index contributed by atoms with van der Waals surface area (Å²) in [6.45, 7) is 3.57. The van der Waals surface area contributed by atoms with Crippen molar-refractivity contribution in [1.82, 2.24) is 5.43 Å². The van der Waals surface area contributed by atoms with Crippen molar-refractivity contribution in [1.29, 1.82) is 0 Å². The van der Waals surface area contributed by atoms with Crippen molar-refractivity contribution in [3.63, 3.8) is 0 Å². The first-order valence-electron chi connectivity index (χ1n) is 7.50. The summed E-state index contributed by atoms with van der Waals surface area (Å²) in [7, 11) is 0. The molecule has 0 fully saturated rings. The lowest BCUT2D eigenvalue weighted by atomic mass is 10.2. The van der Waals surface area contributed by atoms with Crippen LogP contribution in [0.25, 0.3) is 0 Å². The number of anilines is 1. The fourth-order valence-corrected chi connectivity index (χ4v) is 2.50. The zero-order chi connectivity index (χ0) is 18.4. The molecule has 0 atom stereocenters. The first-order valence-corrected chi connectivity index (χ1v) is 8.96. The van der Waals surface area contributed by atoms with E-state index >= 15 is 0 Å². The molecule has 0 aliphatic heterocycles. The van der Waals surface area contributed by atoms with Gasteiger partial charge in [-0.3, -0.25) is 9.59 Å². The average Bonchev–Trinajstić information content (AvgIpc) is 2.56. The summed E-state index contributed by atoms with van der Waals surface area (Å²) in [6, 6.07) is 12.4. The van der Waals surface area contributed by atoms with Crippen LogP contribution in [0.2, 0.25) is 5.02 Å². The molecule has 0 heterocycles. The summed E-state index contributed by atoms with van der Waals surface area (Å²) in [6.07, 6.45) is 0.0679. The van der Waals surface area contributed by atoms with E-state index < -0.39 is 0 Å². The average molecular weight is 470 g/mol. The zero-order valence-corrected chi connectivity index (χ0v) is 16.7. The van der Waals surface area contributed by atoms with Crippen LogP contribution in [0.4, 0.5) is 5.69 Å². The van der Waals surface area contributed by atoms with Gasteiger partial charge >= 0.3 is 0 Å². The van der Waals surface area contributed by atoms with Gasteiger partial charge in [-0.2, -0.15) is 5.10 Å². The van der Waals surface area contributed by atoms with Crippen LogP contribution in [0.1, 0.15) is 29.3 Å². The molecule has 2 aromatic carbocycles. The van der Waals surface area contributed by atoms with E-state index in [4.69, 9.17) is 11.6 Å². The normalized spacial score (nSPS) is 11.1. The number of rotatable bonds is 5. The van der Waals surface area contributed by atoms with Crippen molar-refractivity contribution in [2.75, 3.05) is 5.32 Å². The third-order valence-corrected chi connectivity index (χ3v) is 4.45. The number of carbonyl (C=O) groups excluding carboxylic acids is 2. The van der Waals surface area contributed by atoms with Gasteiger partial charge in [0.15, 0.2) is 0 Å². The second kappa shape index (κ2) is 8.96. The number of amides is 2. The molecule has 0 radical (unpaired) electrons. The van der Waals surface area contributed by atoms with Gasteiger partial charge in [0.2, 0.25) is 5.91 Å². The van der Waals surface area contributed by atoms with E-state index in [2.05, 4.69) is 38.4 Å². The lowest BCUT2D eigenvalue weighted by Gasteiger charge is -2.07. The van der Waals surface area contributed by atoms with Crippen LogP contribution in [0, 0.1) is 10.5 Å². The Bertz CT molecular complexity index is 820. The summed E-state index contributed by atoms with van der Waals surface area (Å²) in [5, 5.41) is 7.30. The summed E-state index contributed by atoms with van der Waals surface area (Å²) in [5.74, 6) is -0.550. The van der Waals surface area contributed by atoms with Crippen molar-refractivity contribution in [2.45, 2.75) is 20.3 Å². The molecule has 0 aliphatic carbocycles. The van der Waals surface area contributed by atoms with Gasteiger partial charge in [-0.15, -0.1) is 0 Å². The van der Waals surface area contributed by atoms with Crippen LogP contribution >= 0.6 is 34.2 Å². The predicted octanol–water partition coefficient (Wildman–Crippen LogP) is 4.39. The van der Waals surface area contributed by atoms with E-state index in [0.717, 1.165) is 9.13 Å². The Hall–Kier alpha value is -1.93. The largest absolute Gasteiger partial charge is 0.326 e. The van der Waals surface area contributed by atoms with Gasteiger partial charge in [0, 0.05) is 25.6 Å². The van der Waals surface area contributed by atoms with Crippen LogP contribution in [-0.4, -0.2) is 17.5 Å². The number of nitrogens with zero attached hydrogens (tertiary/aromatic N) is 1. The molecule has 7 heteroatoms. The van der Waals surface area contributed by atoms with Crippen LogP contribution in [-0.2, 0) is 4.79 Å². The highest BCUT2D eigenvalue weighted by atomic mass is 127.